The molecule has 0 aliphatic carbocycles. The molecule has 0 heterocycles. The van der Waals surface area contributed by atoms with Gasteiger partial charge in [-0.1, -0.05) is 32.4 Å². The summed E-state index contributed by atoms with van der Waals surface area (Å²) in [5, 5.41) is 14.0. The number of nitrogens with two attached hydrogens (primary N) is 1. The second-order valence-corrected chi connectivity index (χ2v) is 10.2. The van der Waals surface area contributed by atoms with Crippen molar-refractivity contribution in [3.8, 4) is 5.75 Å². The van der Waals surface area contributed by atoms with Gasteiger partial charge in [0.25, 0.3) is 0 Å². The van der Waals surface area contributed by atoms with E-state index in [2.05, 4.69) is 24.5 Å². The lowest BCUT2D eigenvalue weighted by Gasteiger charge is -2.25. The molecule has 0 spiro atoms. The van der Waals surface area contributed by atoms with Gasteiger partial charge in [0.15, 0.2) is 0 Å². The molecule has 2 rings (SSSR count). The number of benzene rings is 2. The summed E-state index contributed by atoms with van der Waals surface area (Å²) in [6.45, 7) is 10.9. The lowest BCUT2D eigenvalue weighted by molar-refractivity contribution is -0.122. The summed E-state index contributed by atoms with van der Waals surface area (Å²) in [4.78, 5) is 12.6. The zero-order valence-electron chi connectivity index (χ0n) is 25.6. The molecule has 2 aromatic rings. The van der Waals surface area contributed by atoms with Crippen LogP contribution in [0.25, 0.3) is 0 Å². The van der Waals surface area contributed by atoms with Crippen LogP contribution in [0.2, 0.25) is 0 Å². The van der Waals surface area contributed by atoms with Gasteiger partial charge in [-0.25, -0.2) is 4.39 Å². The molecule has 5 N–H and O–H groups in total. The molecule has 0 saturated heterocycles. The number of hydrogen-bond acceptors (Lipinski definition) is 7. The number of aliphatic hydroxyl groups excluding tert-OH is 1. The second-order valence-electron chi connectivity index (χ2n) is 10.2. The fraction of sp³-hybridized carbons (Fsp3) is 0.594. The molecule has 41 heavy (non-hydrogen) atoms. The number of nitrogens with one attached hydrogen (secondary N) is 2. The Morgan fingerprint density at radius 2 is 1.80 bits per heavy atom. The summed E-state index contributed by atoms with van der Waals surface area (Å²) >= 11 is 0. The van der Waals surface area contributed by atoms with Gasteiger partial charge in [0.2, 0.25) is 5.91 Å². The Kier molecular flexibility index (Phi) is 19.4. The Balaban J connectivity index is 0.00000268. The Hall–Kier alpha value is -2.72. The van der Waals surface area contributed by atoms with Crippen molar-refractivity contribution in [2.45, 2.75) is 78.5 Å². The Morgan fingerprint density at radius 3 is 2.46 bits per heavy atom. The number of amides is 1. The van der Waals surface area contributed by atoms with E-state index in [0.717, 1.165) is 35.4 Å². The molecule has 0 saturated carbocycles. The summed E-state index contributed by atoms with van der Waals surface area (Å²) in [5.74, 6) is 0.915. The van der Waals surface area contributed by atoms with E-state index in [1.165, 1.54) is 12.1 Å². The normalized spacial score (nSPS) is 13.0. The fourth-order valence-corrected chi connectivity index (χ4v) is 3.96. The van der Waals surface area contributed by atoms with Crippen LogP contribution in [-0.2, 0) is 20.9 Å². The highest BCUT2D eigenvalue weighted by molar-refractivity contribution is 5.76. The number of carbonyl (C=O) groups excluding carboxylic acids is 1. The monoisotopic (exact) mass is 577 g/mol. The molecule has 2 aromatic carbocycles. The highest BCUT2D eigenvalue weighted by Crippen LogP contribution is 2.20. The molecule has 9 heteroatoms. The van der Waals surface area contributed by atoms with Crippen LogP contribution < -0.4 is 21.1 Å². The van der Waals surface area contributed by atoms with Crippen LogP contribution in [0.1, 0.15) is 64.0 Å². The molecule has 232 valence electrons. The molecule has 0 bridgehead atoms. The average molecular weight is 578 g/mol. The largest absolute Gasteiger partial charge is 0.493 e. The van der Waals surface area contributed by atoms with Crippen molar-refractivity contribution in [1.82, 2.24) is 5.32 Å². The Morgan fingerprint density at radius 1 is 1.10 bits per heavy atom. The van der Waals surface area contributed by atoms with Gasteiger partial charge >= 0.3 is 0 Å². The molecule has 0 aromatic heterocycles. The van der Waals surface area contributed by atoms with Crippen LogP contribution >= 0.6 is 0 Å². The summed E-state index contributed by atoms with van der Waals surface area (Å²) < 4.78 is 29.9. The number of aryl methyl sites for hydroxylation is 1. The van der Waals surface area contributed by atoms with Crippen LogP contribution in [0.5, 0.6) is 5.75 Å². The number of carbonyl (C=O) groups is 1. The minimum atomic E-state index is -0.269. The Bertz CT molecular complexity index is 961. The second kappa shape index (κ2) is 22.0. The average Bonchev–Trinajstić information content (AvgIpc) is 2.95. The van der Waals surface area contributed by atoms with Crippen molar-refractivity contribution < 1.29 is 28.5 Å². The van der Waals surface area contributed by atoms with Gasteiger partial charge < -0.3 is 35.7 Å². The van der Waals surface area contributed by atoms with Crippen LogP contribution in [0, 0.1) is 18.7 Å². The summed E-state index contributed by atoms with van der Waals surface area (Å²) in [6.07, 6.45) is 3.60. The topological polar surface area (TPSA) is 115 Å². The highest BCUT2D eigenvalue weighted by atomic mass is 19.1. The number of ether oxygens (including phenoxy) is 3. The number of halogens is 1. The number of rotatable bonds is 19. The molecule has 8 nitrogen and oxygen atoms in total. The summed E-state index contributed by atoms with van der Waals surface area (Å²) in [7, 11) is 1.68. The van der Waals surface area contributed by atoms with E-state index in [1.807, 2.05) is 25.1 Å². The van der Waals surface area contributed by atoms with Crippen LogP contribution in [0.4, 0.5) is 10.1 Å². The van der Waals surface area contributed by atoms with Crippen LogP contribution in [0.15, 0.2) is 42.5 Å². The minimum absolute atomic E-state index is 0.0157. The van der Waals surface area contributed by atoms with E-state index in [0.29, 0.717) is 58.2 Å². The molecular weight excluding hydrogens is 525 g/mol. The number of hydrogen-bond donors (Lipinski definition) is 4. The fourth-order valence-electron chi connectivity index (χ4n) is 3.96. The smallest absolute Gasteiger partial charge is 0.220 e. The van der Waals surface area contributed by atoms with Crippen molar-refractivity contribution in [3.05, 3.63) is 59.4 Å². The lowest BCUT2D eigenvalue weighted by Crippen LogP contribution is -2.44. The van der Waals surface area contributed by atoms with E-state index >= 15 is 0 Å². The van der Waals surface area contributed by atoms with E-state index in [1.54, 1.807) is 26.2 Å². The molecule has 0 aliphatic rings. The number of aliphatic hydroxyl groups is 1. The first-order valence-electron chi connectivity index (χ1n) is 14.7. The van der Waals surface area contributed by atoms with E-state index < -0.39 is 0 Å². The van der Waals surface area contributed by atoms with E-state index in [4.69, 9.17) is 25.1 Å². The lowest BCUT2D eigenvalue weighted by atomic mass is 9.98. The van der Waals surface area contributed by atoms with E-state index in [9.17, 15) is 9.18 Å². The predicted molar refractivity (Wildman–Crippen MR) is 164 cm³/mol. The standard InChI is InChI=1S/C30H46FN3O4.C2H6O/c1-5-22(2)28(19-33-27-14-12-25(31)13-15-27)34-30(35)9-6-8-26(32)21-37-20-24-11-10-23(3)29(18-24)38-17-7-16-36-4;1-2-3/h10-15,18,22,26,28,33H,5-9,16-17,19-21,32H2,1-4H3,(H,34,35);3H,2H2,1H3/t22-,26?,28?;/m0./s1. The maximum Gasteiger partial charge on any atom is 0.220 e. The third-order valence-electron chi connectivity index (χ3n) is 6.63. The zero-order valence-corrected chi connectivity index (χ0v) is 25.6. The summed E-state index contributed by atoms with van der Waals surface area (Å²) in [5.41, 5.74) is 9.19. The molecule has 1 amide bonds. The molecule has 0 aliphatic heterocycles. The van der Waals surface area contributed by atoms with E-state index in [-0.39, 0.29) is 30.4 Å². The minimum Gasteiger partial charge on any atom is -0.493 e. The summed E-state index contributed by atoms with van der Waals surface area (Å²) in [6, 6.07) is 12.2. The maximum atomic E-state index is 13.1. The molecule has 0 fully saturated rings. The van der Waals surface area contributed by atoms with Crippen molar-refractivity contribution in [1.29, 1.82) is 0 Å². The van der Waals surface area contributed by atoms with Gasteiger partial charge in [-0.2, -0.15) is 0 Å². The van der Waals surface area contributed by atoms with Crippen LogP contribution in [0.3, 0.4) is 0 Å². The first-order chi connectivity index (χ1) is 19.7. The molecule has 0 radical (unpaired) electrons. The molecule has 2 unspecified atom stereocenters. The first kappa shape index (κ1) is 36.3. The number of anilines is 1. The highest BCUT2D eigenvalue weighted by Gasteiger charge is 2.18. The Labute approximate surface area is 246 Å². The van der Waals surface area contributed by atoms with Gasteiger partial charge in [-0.05, 0) is 74.1 Å². The van der Waals surface area contributed by atoms with Gasteiger partial charge in [0.1, 0.15) is 11.6 Å². The van der Waals surface area contributed by atoms with Crippen LogP contribution in [-0.4, -0.2) is 63.2 Å². The SMILES string of the molecule is CCO.CC[C@H](C)C(CNc1ccc(F)cc1)NC(=O)CCCC(N)COCc1ccc(C)c(OCCCOC)c1. The van der Waals surface area contributed by atoms with Crippen molar-refractivity contribution >= 4 is 11.6 Å². The zero-order chi connectivity index (χ0) is 30.5. The van der Waals surface area contributed by atoms with Gasteiger partial charge in [0.05, 0.1) is 19.8 Å². The third kappa shape index (κ3) is 16.3. The quantitative estimate of drug-likeness (QED) is 0.170. The van der Waals surface area contributed by atoms with Crippen molar-refractivity contribution in [2.24, 2.45) is 11.7 Å². The number of methoxy groups -OCH3 is 1. The van der Waals surface area contributed by atoms with Gasteiger partial charge in [-0.3, -0.25) is 4.79 Å². The third-order valence-corrected chi connectivity index (χ3v) is 6.63. The van der Waals surface area contributed by atoms with Gasteiger partial charge in [-0.15, -0.1) is 0 Å². The maximum absolute atomic E-state index is 13.1. The van der Waals surface area contributed by atoms with Crippen molar-refractivity contribution in [2.75, 3.05) is 45.4 Å². The first-order valence-corrected chi connectivity index (χ1v) is 14.7. The van der Waals surface area contributed by atoms with Crippen molar-refractivity contribution in [3.63, 3.8) is 0 Å². The molecule has 3 atom stereocenters. The van der Waals surface area contributed by atoms with Gasteiger partial charge in [0, 0.05) is 57.5 Å². The molecular formula is C32H52FN3O5. The predicted octanol–water partition coefficient (Wildman–Crippen LogP) is 5.21.